The van der Waals surface area contributed by atoms with Crippen molar-refractivity contribution in [2.45, 2.75) is 19.3 Å². The third-order valence-corrected chi connectivity index (χ3v) is 3.81. The molecule has 2 N–H and O–H groups in total. The van der Waals surface area contributed by atoms with Gasteiger partial charge in [-0.2, -0.15) is 0 Å². The van der Waals surface area contributed by atoms with E-state index in [2.05, 4.69) is 29.6 Å². The lowest BCUT2D eigenvalue weighted by Crippen LogP contribution is -1.83. The summed E-state index contributed by atoms with van der Waals surface area (Å²) in [6, 6.07) is 8.86. The van der Waals surface area contributed by atoms with Crippen LogP contribution in [0.3, 0.4) is 0 Å². The van der Waals surface area contributed by atoms with E-state index in [4.69, 9.17) is 5.73 Å². The van der Waals surface area contributed by atoms with Crippen molar-refractivity contribution in [2.24, 2.45) is 0 Å². The highest BCUT2D eigenvalue weighted by Crippen LogP contribution is 2.31. The van der Waals surface area contributed by atoms with E-state index in [1.165, 1.54) is 41.5 Å². The molecule has 0 saturated heterocycles. The third kappa shape index (κ3) is 1.55. The maximum Gasteiger partial charge on any atom is 0.0862 e. The quantitative estimate of drug-likeness (QED) is 0.774. The number of rotatable bonds is 1. The predicted molar refractivity (Wildman–Crippen MR) is 66.2 cm³/mol. The Morgan fingerprint density at radius 1 is 1.00 bits per heavy atom. The normalized spacial score (nSPS) is 14.1. The average Bonchev–Trinajstić information content (AvgIpc) is 2.84. The molecule has 15 heavy (non-hydrogen) atoms. The van der Waals surface area contributed by atoms with Crippen LogP contribution in [0.25, 0.3) is 11.1 Å². The Balaban J connectivity index is 2.06. The molecular formula is C13H13NS. The van der Waals surface area contributed by atoms with Gasteiger partial charge in [0.05, 0.1) is 5.00 Å². The first-order chi connectivity index (χ1) is 7.33. The number of anilines is 1. The maximum atomic E-state index is 5.75. The van der Waals surface area contributed by atoms with Crippen molar-refractivity contribution in [1.29, 1.82) is 0 Å². The third-order valence-electron chi connectivity index (χ3n) is 3.05. The zero-order valence-corrected chi connectivity index (χ0v) is 9.31. The molecule has 2 heteroatoms. The fraction of sp³-hybridized carbons (Fsp3) is 0.231. The molecule has 1 aromatic heterocycles. The molecule has 0 aliphatic heterocycles. The van der Waals surface area contributed by atoms with E-state index in [1.807, 2.05) is 0 Å². The first-order valence-corrected chi connectivity index (χ1v) is 6.17. The largest absolute Gasteiger partial charge is 0.391 e. The molecule has 2 aromatic rings. The second-order valence-corrected chi connectivity index (χ2v) is 5.02. The Bertz CT molecular complexity index is 499. The van der Waals surface area contributed by atoms with Crippen LogP contribution in [0.4, 0.5) is 5.00 Å². The monoisotopic (exact) mass is 215 g/mol. The summed E-state index contributed by atoms with van der Waals surface area (Å²) in [4.78, 5) is 0. The minimum Gasteiger partial charge on any atom is -0.391 e. The Morgan fingerprint density at radius 2 is 1.87 bits per heavy atom. The van der Waals surface area contributed by atoms with Gasteiger partial charge in [-0.25, -0.2) is 0 Å². The molecule has 0 atom stereocenters. The number of thiophene rings is 1. The Morgan fingerprint density at radius 3 is 2.67 bits per heavy atom. The van der Waals surface area contributed by atoms with Crippen molar-refractivity contribution >= 4 is 16.3 Å². The molecule has 0 saturated carbocycles. The number of hydrogen-bond donors (Lipinski definition) is 1. The molecule has 0 radical (unpaired) electrons. The predicted octanol–water partition coefficient (Wildman–Crippen LogP) is 3.49. The standard InChI is InChI=1S/C13H13NS/c14-13-7-12(8-15-13)11-5-4-9-2-1-3-10(9)6-11/h4-8H,1-3,14H2. The van der Waals surface area contributed by atoms with E-state index in [-0.39, 0.29) is 0 Å². The van der Waals surface area contributed by atoms with Crippen LogP contribution in [0.15, 0.2) is 29.6 Å². The molecular weight excluding hydrogens is 202 g/mol. The lowest BCUT2D eigenvalue weighted by atomic mass is 10.0. The number of benzene rings is 1. The number of fused-ring (bicyclic) bond motifs is 1. The second kappa shape index (κ2) is 3.38. The van der Waals surface area contributed by atoms with Crippen LogP contribution >= 0.6 is 11.3 Å². The van der Waals surface area contributed by atoms with Crippen LogP contribution in [0.1, 0.15) is 17.5 Å². The summed E-state index contributed by atoms with van der Waals surface area (Å²) in [5, 5.41) is 3.02. The van der Waals surface area contributed by atoms with Gasteiger partial charge in [-0.1, -0.05) is 18.2 Å². The fourth-order valence-electron chi connectivity index (χ4n) is 2.26. The summed E-state index contributed by atoms with van der Waals surface area (Å²) >= 11 is 1.61. The molecule has 1 aliphatic carbocycles. The fourth-order valence-corrected chi connectivity index (χ4v) is 2.92. The highest BCUT2D eigenvalue weighted by atomic mass is 32.1. The van der Waals surface area contributed by atoms with E-state index in [0.717, 1.165) is 5.00 Å². The lowest BCUT2D eigenvalue weighted by Gasteiger charge is -2.02. The number of nitrogens with two attached hydrogens (primary N) is 1. The van der Waals surface area contributed by atoms with Crippen LogP contribution in [0.5, 0.6) is 0 Å². The van der Waals surface area contributed by atoms with Crippen molar-refractivity contribution in [2.75, 3.05) is 5.73 Å². The van der Waals surface area contributed by atoms with E-state index in [1.54, 1.807) is 11.3 Å². The molecule has 3 rings (SSSR count). The molecule has 76 valence electrons. The molecule has 1 aliphatic rings. The topological polar surface area (TPSA) is 26.0 Å². The first-order valence-electron chi connectivity index (χ1n) is 5.29. The SMILES string of the molecule is Nc1cc(-c2ccc3c(c2)CCC3)cs1. The van der Waals surface area contributed by atoms with E-state index in [9.17, 15) is 0 Å². The van der Waals surface area contributed by atoms with Gasteiger partial charge in [0, 0.05) is 5.38 Å². The van der Waals surface area contributed by atoms with Crippen LogP contribution < -0.4 is 5.73 Å². The number of nitrogen functional groups attached to an aromatic ring is 1. The van der Waals surface area contributed by atoms with Crippen LogP contribution in [0.2, 0.25) is 0 Å². The van der Waals surface area contributed by atoms with E-state index in [0.29, 0.717) is 0 Å². The summed E-state index contributed by atoms with van der Waals surface area (Å²) in [7, 11) is 0. The minimum absolute atomic E-state index is 0.894. The van der Waals surface area contributed by atoms with Gasteiger partial charge in [0.25, 0.3) is 0 Å². The van der Waals surface area contributed by atoms with E-state index < -0.39 is 0 Å². The molecule has 0 bridgehead atoms. The highest BCUT2D eigenvalue weighted by Gasteiger charge is 2.11. The van der Waals surface area contributed by atoms with Gasteiger partial charge in [0.15, 0.2) is 0 Å². The van der Waals surface area contributed by atoms with Crippen molar-refractivity contribution in [1.82, 2.24) is 0 Å². The van der Waals surface area contributed by atoms with Gasteiger partial charge >= 0.3 is 0 Å². The zero-order valence-electron chi connectivity index (χ0n) is 8.49. The lowest BCUT2D eigenvalue weighted by molar-refractivity contribution is 0.912. The Labute approximate surface area is 93.6 Å². The summed E-state index contributed by atoms with van der Waals surface area (Å²) in [5.41, 5.74) is 11.4. The van der Waals surface area contributed by atoms with Gasteiger partial charge in [0.2, 0.25) is 0 Å². The summed E-state index contributed by atoms with van der Waals surface area (Å²) in [5.74, 6) is 0. The molecule has 1 heterocycles. The van der Waals surface area contributed by atoms with Crippen LogP contribution in [0, 0.1) is 0 Å². The zero-order chi connectivity index (χ0) is 10.3. The molecule has 1 nitrogen and oxygen atoms in total. The van der Waals surface area contributed by atoms with Crippen LogP contribution in [-0.2, 0) is 12.8 Å². The summed E-state index contributed by atoms with van der Waals surface area (Å²) < 4.78 is 0. The van der Waals surface area contributed by atoms with Gasteiger partial charge in [-0.3, -0.25) is 0 Å². The average molecular weight is 215 g/mol. The smallest absolute Gasteiger partial charge is 0.0862 e. The number of aryl methyl sites for hydroxylation is 2. The van der Waals surface area contributed by atoms with Gasteiger partial charge in [-0.15, -0.1) is 11.3 Å². The molecule has 1 aromatic carbocycles. The second-order valence-electron chi connectivity index (χ2n) is 4.07. The van der Waals surface area contributed by atoms with Crippen molar-refractivity contribution in [3.8, 4) is 11.1 Å². The maximum absolute atomic E-state index is 5.75. The van der Waals surface area contributed by atoms with Gasteiger partial charge < -0.3 is 5.73 Å². The summed E-state index contributed by atoms with van der Waals surface area (Å²) in [6.07, 6.45) is 3.80. The van der Waals surface area contributed by atoms with Gasteiger partial charge in [-0.05, 0) is 47.6 Å². The molecule has 0 fully saturated rings. The Kier molecular flexibility index (Phi) is 2.03. The molecule has 0 unspecified atom stereocenters. The van der Waals surface area contributed by atoms with Crippen molar-refractivity contribution in [3.63, 3.8) is 0 Å². The Hall–Kier alpha value is -1.28. The molecule has 0 spiro atoms. The summed E-state index contributed by atoms with van der Waals surface area (Å²) in [6.45, 7) is 0. The van der Waals surface area contributed by atoms with Crippen molar-refractivity contribution in [3.05, 3.63) is 40.8 Å². The first kappa shape index (κ1) is 8.98. The molecule has 0 amide bonds. The van der Waals surface area contributed by atoms with Crippen LogP contribution in [-0.4, -0.2) is 0 Å². The van der Waals surface area contributed by atoms with Crippen molar-refractivity contribution < 1.29 is 0 Å². The van der Waals surface area contributed by atoms with Gasteiger partial charge in [0.1, 0.15) is 0 Å². The number of hydrogen-bond acceptors (Lipinski definition) is 2. The van der Waals surface area contributed by atoms with E-state index >= 15 is 0 Å². The minimum atomic E-state index is 0.894. The highest BCUT2D eigenvalue weighted by molar-refractivity contribution is 7.14.